The Hall–Kier alpha value is -1.49. The van der Waals surface area contributed by atoms with Crippen LogP contribution in [-0.2, 0) is 4.79 Å². The average Bonchev–Trinajstić information content (AvgIpc) is 2.45. The van der Waals surface area contributed by atoms with Gasteiger partial charge in [-0.3, -0.25) is 9.59 Å². The first kappa shape index (κ1) is 13.5. The number of nitrogens with zero attached hydrogens (tertiary/aromatic N) is 1. The third kappa shape index (κ3) is 2.68. The molecule has 20 heavy (non-hydrogen) atoms. The minimum absolute atomic E-state index is 0.00121. The maximum absolute atomic E-state index is 12.5. The van der Waals surface area contributed by atoms with Gasteiger partial charge in [-0.2, -0.15) is 0 Å². The Labute approximate surface area is 122 Å². The van der Waals surface area contributed by atoms with Crippen molar-refractivity contribution in [2.75, 3.05) is 24.2 Å². The first-order valence-corrected chi connectivity index (χ1v) is 7.98. The van der Waals surface area contributed by atoms with Gasteiger partial charge in [-0.25, -0.2) is 0 Å². The molecule has 3 rings (SSSR count). The molecule has 4 nitrogen and oxygen atoms in total. The second-order valence-electron chi connectivity index (χ2n) is 5.55. The molecular formula is C15H18N2O2S. The van der Waals surface area contributed by atoms with Gasteiger partial charge >= 0.3 is 0 Å². The molecule has 2 aliphatic rings. The van der Waals surface area contributed by atoms with Gasteiger partial charge in [-0.05, 0) is 37.0 Å². The Morgan fingerprint density at radius 2 is 2.30 bits per heavy atom. The van der Waals surface area contributed by atoms with E-state index in [0.29, 0.717) is 17.2 Å². The predicted octanol–water partition coefficient (Wildman–Crippen LogP) is 2.60. The Morgan fingerprint density at radius 3 is 3.10 bits per heavy atom. The molecule has 0 bridgehead atoms. The summed E-state index contributed by atoms with van der Waals surface area (Å²) in [6.45, 7) is 3.85. The molecule has 0 saturated carbocycles. The van der Waals surface area contributed by atoms with E-state index in [1.165, 1.54) is 18.2 Å². The first-order chi connectivity index (χ1) is 9.63. The highest BCUT2D eigenvalue weighted by atomic mass is 32.2. The molecule has 1 aromatic rings. The number of nitrogens with one attached hydrogen (secondary N) is 1. The van der Waals surface area contributed by atoms with Crippen LogP contribution in [0.3, 0.4) is 0 Å². The van der Waals surface area contributed by atoms with E-state index < -0.39 is 0 Å². The number of amides is 2. The zero-order valence-corrected chi connectivity index (χ0v) is 12.3. The smallest absolute Gasteiger partial charge is 0.253 e. The largest absolute Gasteiger partial charge is 0.338 e. The maximum Gasteiger partial charge on any atom is 0.253 e. The molecule has 1 unspecified atom stereocenters. The molecule has 0 aromatic heterocycles. The molecule has 1 fully saturated rings. The van der Waals surface area contributed by atoms with Crippen molar-refractivity contribution in [2.24, 2.45) is 5.92 Å². The molecule has 2 amide bonds. The average molecular weight is 290 g/mol. The number of piperidine rings is 1. The summed E-state index contributed by atoms with van der Waals surface area (Å²) in [6, 6.07) is 5.60. The molecule has 106 valence electrons. The van der Waals surface area contributed by atoms with Crippen LogP contribution in [0.15, 0.2) is 23.1 Å². The molecule has 1 atom stereocenters. The van der Waals surface area contributed by atoms with Crippen LogP contribution >= 0.6 is 11.8 Å². The highest BCUT2D eigenvalue weighted by molar-refractivity contribution is 8.00. The minimum Gasteiger partial charge on any atom is -0.338 e. The summed E-state index contributed by atoms with van der Waals surface area (Å²) in [6.07, 6.45) is 2.27. The maximum atomic E-state index is 12.5. The molecule has 1 saturated heterocycles. The van der Waals surface area contributed by atoms with Crippen molar-refractivity contribution in [3.05, 3.63) is 23.8 Å². The topological polar surface area (TPSA) is 49.4 Å². The minimum atomic E-state index is -0.00121. The van der Waals surface area contributed by atoms with Gasteiger partial charge in [0, 0.05) is 23.5 Å². The van der Waals surface area contributed by atoms with E-state index in [0.717, 1.165) is 30.1 Å². The van der Waals surface area contributed by atoms with Crippen LogP contribution in [-0.4, -0.2) is 35.6 Å². The molecule has 0 spiro atoms. The summed E-state index contributed by atoms with van der Waals surface area (Å²) in [4.78, 5) is 26.9. The molecule has 2 heterocycles. The van der Waals surface area contributed by atoms with Crippen LogP contribution in [0.4, 0.5) is 5.69 Å². The van der Waals surface area contributed by atoms with Gasteiger partial charge in [0.1, 0.15) is 0 Å². The molecule has 5 heteroatoms. The van der Waals surface area contributed by atoms with Gasteiger partial charge in [-0.1, -0.05) is 6.92 Å². The Balaban J connectivity index is 1.81. The summed E-state index contributed by atoms with van der Waals surface area (Å²) in [7, 11) is 0. The van der Waals surface area contributed by atoms with Crippen molar-refractivity contribution in [1.82, 2.24) is 4.90 Å². The number of carbonyl (C=O) groups excluding carboxylic acids is 2. The molecule has 0 radical (unpaired) electrons. The fraction of sp³-hybridized carbons (Fsp3) is 0.467. The molecule has 1 aromatic carbocycles. The first-order valence-electron chi connectivity index (χ1n) is 6.99. The SMILES string of the molecule is CC1CCCN(C(=O)c2ccc3c(c2)NC(=O)CS3)C1. The van der Waals surface area contributed by atoms with E-state index in [9.17, 15) is 9.59 Å². The Morgan fingerprint density at radius 1 is 1.45 bits per heavy atom. The van der Waals surface area contributed by atoms with Crippen molar-refractivity contribution in [3.63, 3.8) is 0 Å². The lowest BCUT2D eigenvalue weighted by atomic mass is 9.99. The zero-order valence-electron chi connectivity index (χ0n) is 11.5. The van der Waals surface area contributed by atoms with Gasteiger partial charge in [-0.15, -0.1) is 11.8 Å². The van der Waals surface area contributed by atoms with Gasteiger partial charge in [0.2, 0.25) is 5.91 Å². The highest BCUT2D eigenvalue weighted by Gasteiger charge is 2.23. The van der Waals surface area contributed by atoms with Crippen LogP contribution in [0.5, 0.6) is 0 Å². The molecule has 1 N–H and O–H groups in total. The number of rotatable bonds is 1. The number of anilines is 1. The molecule has 2 aliphatic heterocycles. The lowest BCUT2D eigenvalue weighted by Crippen LogP contribution is -2.39. The van der Waals surface area contributed by atoms with Crippen molar-refractivity contribution in [3.8, 4) is 0 Å². The lowest BCUT2D eigenvalue weighted by molar-refractivity contribution is -0.113. The zero-order chi connectivity index (χ0) is 14.1. The monoisotopic (exact) mass is 290 g/mol. The number of benzene rings is 1. The summed E-state index contributed by atoms with van der Waals surface area (Å²) < 4.78 is 0. The number of carbonyl (C=O) groups is 2. The third-order valence-corrected chi connectivity index (χ3v) is 4.88. The van der Waals surface area contributed by atoms with E-state index in [1.54, 1.807) is 6.07 Å². The van der Waals surface area contributed by atoms with E-state index >= 15 is 0 Å². The quantitative estimate of drug-likeness (QED) is 0.865. The van der Waals surface area contributed by atoms with Crippen molar-refractivity contribution in [1.29, 1.82) is 0 Å². The molecule has 0 aliphatic carbocycles. The predicted molar refractivity (Wildman–Crippen MR) is 80.1 cm³/mol. The van der Waals surface area contributed by atoms with Gasteiger partial charge in [0.15, 0.2) is 0 Å². The third-order valence-electron chi connectivity index (χ3n) is 3.80. The fourth-order valence-corrected chi connectivity index (χ4v) is 3.56. The van der Waals surface area contributed by atoms with Gasteiger partial charge in [0.05, 0.1) is 11.4 Å². The van der Waals surface area contributed by atoms with Gasteiger partial charge < -0.3 is 10.2 Å². The van der Waals surface area contributed by atoms with Gasteiger partial charge in [0.25, 0.3) is 5.91 Å². The number of hydrogen-bond acceptors (Lipinski definition) is 3. The van der Waals surface area contributed by atoms with Crippen molar-refractivity contribution in [2.45, 2.75) is 24.7 Å². The van der Waals surface area contributed by atoms with E-state index in [2.05, 4.69) is 12.2 Å². The standard InChI is InChI=1S/C15H18N2O2S/c1-10-3-2-6-17(8-10)15(19)11-4-5-13-12(7-11)16-14(18)9-20-13/h4-5,7,10H,2-3,6,8-9H2,1H3,(H,16,18). The van der Waals surface area contributed by atoms with Crippen LogP contribution in [0, 0.1) is 5.92 Å². The summed E-state index contributed by atoms with van der Waals surface area (Å²) in [5, 5.41) is 2.84. The summed E-state index contributed by atoms with van der Waals surface area (Å²) in [5.74, 6) is 1.09. The number of thioether (sulfide) groups is 1. The normalized spacial score (nSPS) is 22.1. The van der Waals surface area contributed by atoms with E-state index in [-0.39, 0.29) is 11.8 Å². The van der Waals surface area contributed by atoms with Crippen LogP contribution in [0.1, 0.15) is 30.1 Å². The fourth-order valence-electron chi connectivity index (χ4n) is 2.77. The Bertz CT molecular complexity index is 559. The van der Waals surface area contributed by atoms with E-state index in [4.69, 9.17) is 0 Å². The summed E-state index contributed by atoms with van der Waals surface area (Å²) >= 11 is 1.52. The highest BCUT2D eigenvalue weighted by Crippen LogP contribution is 2.32. The van der Waals surface area contributed by atoms with E-state index in [1.807, 2.05) is 17.0 Å². The number of likely N-dealkylation sites (tertiary alicyclic amines) is 1. The van der Waals surface area contributed by atoms with Crippen molar-refractivity contribution >= 4 is 29.3 Å². The second-order valence-corrected chi connectivity index (χ2v) is 6.56. The van der Waals surface area contributed by atoms with Crippen LogP contribution in [0.2, 0.25) is 0 Å². The molecular weight excluding hydrogens is 272 g/mol. The van der Waals surface area contributed by atoms with Crippen LogP contribution < -0.4 is 5.32 Å². The lowest BCUT2D eigenvalue weighted by Gasteiger charge is -2.31. The van der Waals surface area contributed by atoms with Crippen molar-refractivity contribution < 1.29 is 9.59 Å². The number of fused-ring (bicyclic) bond motifs is 1. The number of hydrogen-bond donors (Lipinski definition) is 1. The van der Waals surface area contributed by atoms with Crippen LogP contribution in [0.25, 0.3) is 0 Å². The second kappa shape index (κ2) is 5.48. The summed E-state index contributed by atoms with van der Waals surface area (Å²) in [5.41, 5.74) is 1.43. The Kier molecular flexibility index (Phi) is 3.70.